The van der Waals surface area contributed by atoms with Gasteiger partial charge in [0.05, 0.1) is 13.2 Å². The molecule has 0 spiro atoms. The molecule has 0 saturated carbocycles. The number of halogens is 1. The largest absolute Gasteiger partial charge is 0.495 e. The molecule has 94 valence electrons. The van der Waals surface area contributed by atoms with Crippen LogP contribution < -0.4 is 10.5 Å². The lowest BCUT2D eigenvalue weighted by Crippen LogP contribution is -2.16. The van der Waals surface area contributed by atoms with Gasteiger partial charge in [0.1, 0.15) is 11.4 Å². The van der Waals surface area contributed by atoms with Crippen molar-refractivity contribution in [1.82, 2.24) is 4.98 Å². The number of rotatable bonds is 3. The van der Waals surface area contributed by atoms with Gasteiger partial charge in [-0.05, 0) is 42.3 Å². The zero-order chi connectivity index (χ0) is 13.1. The van der Waals surface area contributed by atoms with E-state index in [9.17, 15) is 0 Å². The quantitative estimate of drug-likeness (QED) is 0.947. The highest BCUT2D eigenvalue weighted by Crippen LogP contribution is 2.29. The first-order chi connectivity index (χ1) is 8.63. The lowest BCUT2D eigenvalue weighted by Gasteiger charge is -2.17. The van der Waals surface area contributed by atoms with Gasteiger partial charge in [0.25, 0.3) is 0 Å². The predicted octanol–water partition coefficient (Wildman–Crippen LogP) is 3.21. The second-order valence-corrected chi connectivity index (χ2v) is 4.99. The minimum Gasteiger partial charge on any atom is -0.495 e. The van der Waals surface area contributed by atoms with Gasteiger partial charge in [-0.25, -0.2) is 0 Å². The molecular weight excluding hydrogens is 292 g/mol. The highest BCUT2D eigenvalue weighted by Gasteiger charge is 2.17. The molecule has 1 aromatic heterocycles. The standard InChI is InChI=1S/C14H15BrN2O/c1-9-5-6-10(15)8-11(9)13(16)14-12(18-2)4-3-7-17-14/h3-8,13H,16H2,1-2H3. The second-order valence-electron chi connectivity index (χ2n) is 4.07. The maximum absolute atomic E-state index is 6.30. The van der Waals surface area contributed by atoms with Crippen LogP contribution in [-0.4, -0.2) is 12.1 Å². The highest BCUT2D eigenvalue weighted by molar-refractivity contribution is 9.10. The normalized spacial score (nSPS) is 12.2. The highest BCUT2D eigenvalue weighted by atomic mass is 79.9. The van der Waals surface area contributed by atoms with Crippen LogP contribution in [0.4, 0.5) is 0 Å². The van der Waals surface area contributed by atoms with Gasteiger partial charge < -0.3 is 10.5 Å². The molecule has 4 heteroatoms. The molecule has 1 atom stereocenters. The van der Waals surface area contributed by atoms with Crippen molar-refractivity contribution < 1.29 is 4.74 Å². The van der Waals surface area contributed by atoms with E-state index in [0.717, 1.165) is 21.3 Å². The van der Waals surface area contributed by atoms with Gasteiger partial charge in [0.2, 0.25) is 0 Å². The Bertz CT molecular complexity index is 557. The molecule has 0 radical (unpaired) electrons. The van der Waals surface area contributed by atoms with E-state index in [2.05, 4.69) is 20.9 Å². The Balaban J connectivity index is 2.47. The lowest BCUT2D eigenvalue weighted by atomic mass is 9.99. The third kappa shape index (κ3) is 2.54. The summed E-state index contributed by atoms with van der Waals surface area (Å²) in [6.45, 7) is 2.04. The van der Waals surface area contributed by atoms with E-state index in [1.165, 1.54) is 0 Å². The van der Waals surface area contributed by atoms with Crippen molar-refractivity contribution >= 4 is 15.9 Å². The number of benzene rings is 1. The van der Waals surface area contributed by atoms with Crippen molar-refractivity contribution in [3.05, 3.63) is 57.8 Å². The predicted molar refractivity (Wildman–Crippen MR) is 75.7 cm³/mol. The first-order valence-corrected chi connectivity index (χ1v) is 6.43. The Morgan fingerprint density at radius 2 is 2.11 bits per heavy atom. The summed E-state index contributed by atoms with van der Waals surface area (Å²) in [7, 11) is 1.63. The van der Waals surface area contributed by atoms with E-state index < -0.39 is 0 Å². The number of hydrogen-bond acceptors (Lipinski definition) is 3. The van der Waals surface area contributed by atoms with Crippen LogP contribution in [0.25, 0.3) is 0 Å². The Hall–Kier alpha value is -1.39. The van der Waals surface area contributed by atoms with Crippen molar-refractivity contribution in [2.24, 2.45) is 5.73 Å². The first-order valence-electron chi connectivity index (χ1n) is 5.64. The van der Waals surface area contributed by atoms with Crippen LogP contribution in [0.5, 0.6) is 5.75 Å². The molecule has 1 unspecified atom stereocenters. The van der Waals surface area contributed by atoms with Gasteiger partial charge >= 0.3 is 0 Å². The average Bonchev–Trinajstić information content (AvgIpc) is 2.40. The molecule has 0 fully saturated rings. The van der Waals surface area contributed by atoms with Crippen molar-refractivity contribution in [3.8, 4) is 5.75 Å². The number of nitrogens with zero attached hydrogens (tertiary/aromatic N) is 1. The summed E-state index contributed by atoms with van der Waals surface area (Å²) < 4.78 is 6.31. The summed E-state index contributed by atoms with van der Waals surface area (Å²) in [5.74, 6) is 0.712. The van der Waals surface area contributed by atoms with Crippen LogP contribution in [0, 0.1) is 6.92 Å². The average molecular weight is 307 g/mol. The fourth-order valence-corrected chi connectivity index (χ4v) is 2.28. The van der Waals surface area contributed by atoms with Crippen LogP contribution in [0.1, 0.15) is 22.9 Å². The van der Waals surface area contributed by atoms with Crippen molar-refractivity contribution in [1.29, 1.82) is 0 Å². The molecule has 0 aliphatic carbocycles. The summed E-state index contributed by atoms with van der Waals surface area (Å²) in [6.07, 6.45) is 1.73. The molecule has 0 saturated heterocycles. The summed E-state index contributed by atoms with van der Waals surface area (Å²) in [4.78, 5) is 4.33. The third-order valence-electron chi connectivity index (χ3n) is 2.89. The molecule has 0 aliphatic heterocycles. The summed E-state index contributed by atoms with van der Waals surface area (Å²) in [5.41, 5.74) is 9.23. The smallest absolute Gasteiger partial charge is 0.142 e. The van der Waals surface area contributed by atoms with Crippen molar-refractivity contribution in [2.75, 3.05) is 7.11 Å². The van der Waals surface area contributed by atoms with Gasteiger partial charge in [-0.3, -0.25) is 4.98 Å². The van der Waals surface area contributed by atoms with E-state index in [0.29, 0.717) is 5.75 Å². The number of aromatic nitrogens is 1. The Morgan fingerprint density at radius 3 is 2.83 bits per heavy atom. The van der Waals surface area contributed by atoms with Gasteiger partial charge in [0, 0.05) is 10.7 Å². The van der Waals surface area contributed by atoms with Gasteiger partial charge in [0.15, 0.2) is 0 Å². The molecular formula is C14H15BrN2O. The number of nitrogens with two attached hydrogens (primary N) is 1. The van der Waals surface area contributed by atoms with E-state index in [-0.39, 0.29) is 6.04 Å². The van der Waals surface area contributed by atoms with E-state index >= 15 is 0 Å². The zero-order valence-electron chi connectivity index (χ0n) is 10.4. The number of hydrogen-bond donors (Lipinski definition) is 1. The number of ether oxygens (including phenoxy) is 1. The monoisotopic (exact) mass is 306 g/mol. The second kappa shape index (κ2) is 5.50. The molecule has 3 nitrogen and oxygen atoms in total. The molecule has 2 N–H and O–H groups in total. The molecule has 1 aromatic carbocycles. The Kier molecular flexibility index (Phi) is 3.99. The van der Waals surface area contributed by atoms with Gasteiger partial charge in [-0.2, -0.15) is 0 Å². The van der Waals surface area contributed by atoms with E-state index in [1.807, 2.05) is 37.3 Å². The summed E-state index contributed by atoms with van der Waals surface area (Å²) in [5, 5.41) is 0. The zero-order valence-corrected chi connectivity index (χ0v) is 11.9. The topological polar surface area (TPSA) is 48.1 Å². The Labute approximate surface area is 115 Å². The molecule has 18 heavy (non-hydrogen) atoms. The first kappa shape index (κ1) is 13.1. The minimum atomic E-state index is -0.293. The van der Waals surface area contributed by atoms with Crippen LogP contribution in [0.3, 0.4) is 0 Å². The van der Waals surface area contributed by atoms with Crippen LogP contribution >= 0.6 is 15.9 Å². The Morgan fingerprint density at radius 1 is 1.33 bits per heavy atom. The maximum atomic E-state index is 6.30. The molecule has 2 rings (SSSR count). The molecule has 1 heterocycles. The fourth-order valence-electron chi connectivity index (χ4n) is 1.90. The molecule has 0 aliphatic rings. The van der Waals surface area contributed by atoms with Crippen LogP contribution in [-0.2, 0) is 0 Å². The summed E-state index contributed by atoms with van der Waals surface area (Å²) in [6, 6.07) is 9.47. The minimum absolute atomic E-state index is 0.293. The fraction of sp³-hybridized carbons (Fsp3) is 0.214. The van der Waals surface area contributed by atoms with E-state index in [1.54, 1.807) is 13.3 Å². The molecule has 2 aromatic rings. The van der Waals surface area contributed by atoms with E-state index in [4.69, 9.17) is 10.5 Å². The number of aryl methyl sites for hydroxylation is 1. The molecule has 0 amide bonds. The SMILES string of the molecule is COc1cccnc1C(N)c1cc(Br)ccc1C. The van der Waals surface area contributed by atoms with Crippen molar-refractivity contribution in [3.63, 3.8) is 0 Å². The van der Waals surface area contributed by atoms with Crippen LogP contribution in [0.15, 0.2) is 41.0 Å². The molecule has 0 bridgehead atoms. The number of pyridine rings is 1. The lowest BCUT2D eigenvalue weighted by molar-refractivity contribution is 0.404. The third-order valence-corrected chi connectivity index (χ3v) is 3.38. The van der Waals surface area contributed by atoms with Gasteiger partial charge in [-0.15, -0.1) is 0 Å². The number of methoxy groups -OCH3 is 1. The van der Waals surface area contributed by atoms with Crippen molar-refractivity contribution in [2.45, 2.75) is 13.0 Å². The maximum Gasteiger partial charge on any atom is 0.142 e. The van der Waals surface area contributed by atoms with Gasteiger partial charge in [-0.1, -0.05) is 22.0 Å². The van der Waals surface area contributed by atoms with Crippen LogP contribution in [0.2, 0.25) is 0 Å². The summed E-state index contributed by atoms with van der Waals surface area (Å²) >= 11 is 3.47.